The summed E-state index contributed by atoms with van der Waals surface area (Å²) in [4.78, 5) is 12.3. The van der Waals surface area contributed by atoms with Crippen LogP contribution in [0.15, 0.2) is 0 Å². The second-order valence-corrected chi connectivity index (χ2v) is 5.18. The number of nitrogens with two attached hydrogens (primary N) is 1. The van der Waals surface area contributed by atoms with Crippen molar-refractivity contribution in [2.24, 2.45) is 17.6 Å². The maximum absolute atomic E-state index is 12.3. The average Bonchev–Trinajstić information content (AvgIpc) is 2.70. The normalized spacial score (nSPS) is 23.9. The van der Waals surface area contributed by atoms with E-state index in [0.717, 1.165) is 36.3 Å². The molecule has 0 saturated heterocycles. The van der Waals surface area contributed by atoms with Crippen molar-refractivity contribution >= 4 is 11.6 Å². The first-order valence-corrected chi connectivity index (χ1v) is 6.66. The van der Waals surface area contributed by atoms with Gasteiger partial charge in [-0.25, -0.2) is 0 Å². The van der Waals surface area contributed by atoms with E-state index in [9.17, 15) is 4.79 Å². The van der Waals surface area contributed by atoms with Gasteiger partial charge in [0.05, 0.1) is 17.1 Å². The van der Waals surface area contributed by atoms with Crippen LogP contribution in [0.1, 0.15) is 37.1 Å². The molecule has 1 heterocycles. The molecular formula is C13H22N4O. The molecule has 1 saturated carbocycles. The Kier molecular flexibility index (Phi) is 4.01. The largest absolute Gasteiger partial charge is 0.330 e. The molecule has 0 spiro atoms. The lowest BCUT2D eigenvalue weighted by atomic mass is 9.78. The summed E-state index contributed by atoms with van der Waals surface area (Å²) in [6, 6.07) is 0. The number of aryl methyl sites for hydroxylation is 2. The Morgan fingerprint density at radius 3 is 2.78 bits per heavy atom. The topological polar surface area (TPSA) is 83.8 Å². The summed E-state index contributed by atoms with van der Waals surface area (Å²) in [5, 5.41) is 9.97. The molecule has 5 heteroatoms. The second kappa shape index (κ2) is 5.52. The summed E-state index contributed by atoms with van der Waals surface area (Å²) in [7, 11) is 0. The number of nitrogens with one attached hydrogen (secondary N) is 2. The molecule has 1 aromatic heterocycles. The molecule has 0 radical (unpaired) electrons. The standard InChI is InChI=1S/C13H22N4O/c1-8-12(9(2)17-16-8)15-13(18)11-6-4-3-5-10(11)7-14/h10-11H,3-7,14H2,1-2H3,(H,15,18)(H,16,17). The zero-order valence-corrected chi connectivity index (χ0v) is 11.1. The number of hydrogen-bond acceptors (Lipinski definition) is 3. The number of nitrogens with zero attached hydrogens (tertiary/aromatic N) is 1. The van der Waals surface area contributed by atoms with Crippen LogP contribution >= 0.6 is 0 Å². The van der Waals surface area contributed by atoms with E-state index in [2.05, 4.69) is 15.5 Å². The first kappa shape index (κ1) is 13.1. The molecule has 2 atom stereocenters. The van der Waals surface area contributed by atoms with Gasteiger partial charge in [-0.2, -0.15) is 5.10 Å². The predicted octanol–water partition coefficient (Wildman–Crippen LogP) is 1.73. The lowest BCUT2D eigenvalue weighted by Crippen LogP contribution is -2.35. The lowest BCUT2D eigenvalue weighted by Gasteiger charge is -2.29. The van der Waals surface area contributed by atoms with E-state index in [4.69, 9.17) is 5.73 Å². The predicted molar refractivity (Wildman–Crippen MR) is 71.2 cm³/mol. The van der Waals surface area contributed by atoms with Crippen LogP contribution in [0.2, 0.25) is 0 Å². The summed E-state index contributed by atoms with van der Waals surface area (Å²) >= 11 is 0. The fourth-order valence-electron chi connectivity index (χ4n) is 2.79. The Morgan fingerprint density at radius 1 is 1.44 bits per heavy atom. The van der Waals surface area contributed by atoms with Gasteiger partial charge >= 0.3 is 0 Å². The molecule has 0 aliphatic heterocycles. The molecular weight excluding hydrogens is 228 g/mol. The van der Waals surface area contributed by atoms with E-state index in [1.54, 1.807) is 0 Å². The van der Waals surface area contributed by atoms with Crippen molar-refractivity contribution in [2.75, 3.05) is 11.9 Å². The third-order valence-electron chi connectivity index (χ3n) is 3.92. The summed E-state index contributed by atoms with van der Waals surface area (Å²) in [6.07, 6.45) is 4.33. The highest BCUT2D eigenvalue weighted by Crippen LogP contribution is 2.30. The van der Waals surface area contributed by atoms with Crippen molar-refractivity contribution in [3.63, 3.8) is 0 Å². The molecule has 1 amide bonds. The Morgan fingerprint density at radius 2 is 2.17 bits per heavy atom. The summed E-state index contributed by atoms with van der Waals surface area (Å²) in [5.41, 5.74) is 8.32. The number of carbonyl (C=O) groups excluding carboxylic acids is 1. The van der Waals surface area contributed by atoms with Crippen LogP contribution in [0.3, 0.4) is 0 Å². The summed E-state index contributed by atoms with van der Waals surface area (Å²) in [5.74, 6) is 0.474. The summed E-state index contributed by atoms with van der Waals surface area (Å²) in [6.45, 7) is 4.40. The van der Waals surface area contributed by atoms with Gasteiger partial charge in [0, 0.05) is 5.92 Å². The number of carbonyl (C=O) groups is 1. The van der Waals surface area contributed by atoms with Crippen LogP contribution in [0.25, 0.3) is 0 Å². The third-order valence-corrected chi connectivity index (χ3v) is 3.92. The molecule has 0 bridgehead atoms. The molecule has 18 heavy (non-hydrogen) atoms. The van der Waals surface area contributed by atoms with Crippen LogP contribution in [0, 0.1) is 25.7 Å². The number of hydrogen-bond donors (Lipinski definition) is 3. The molecule has 100 valence electrons. The number of rotatable bonds is 3. The smallest absolute Gasteiger partial charge is 0.227 e. The van der Waals surface area contributed by atoms with Crippen LogP contribution in [-0.4, -0.2) is 22.6 Å². The van der Waals surface area contributed by atoms with Gasteiger partial charge in [-0.15, -0.1) is 0 Å². The maximum Gasteiger partial charge on any atom is 0.227 e. The molecule has 1 aromatic rings. The number of aromatic nitrogens is 2. The first-order chi connectivity index (χ1) is 8.63. The quantitative estimate of drug-likeness (QED) is 0.764. The van der Waals surface area contributed by atoms with Crippen LogP contribution in [-0.2, 0) is 4.79 Å². The number of H-pyrrole nitrogens is 1. The minimum atomic E-state index is 0.0532. The van der Waals surface area contributed by atoms with E-state index in [0.29, 0.717) is 12.5 Å². The molecule has 2 rings (SSSR count). The highest BCUT2D eigenvalue weighted by molar-refractivity contribution is 5.93. The fourth-order valence-corrected chi connectivity index (χ4v) is 2.79. The molecule has 1 aliphatic carbocycles. The lowest BCUT2D eigenvalue weighted by molar-refractivity contribution is -0.122. The van der Waals surface area contributed by atoms with Crippen molar-refractivity contribution in [2.45, 2.75) is 39.5 Å². The molecule has 4 N–H and O–H groups in total. The van der Waals surface area contributed by atoms with Gasteiger partial charge in [0.15, 0.2) is 0 Å². The van der Waals surface area contributed by atoms with E-state index < -0.39 is 0 Å². The molecule has 1 aliphatic rings. The molecule has 2 unspecified atom stereocenters. The fraction of sp³-hybridized carbons (Fsp3) is 0.692. The van der Waals surface area contributed by atoms with Gasteiger partial charge in [-0.1, -0.05) is 12.8 Å². The van der Waals surface area contributed by atoms with Crippen molar-refractivity contribution in [3.05, 3.63) is 11.4 Å². The van der Waals surface area contributed by atoms with E-state index in [-0.39, 0.29) is 11.8 Å². The van der Waals surface area contributed by atoms with E-state index >= 15 is 0 Å². The van der Waals surface area contributed by atoms with Crippen molar-refractivity contribution in [3.8, 4) is 0 Å². The van der Waals surface area contributed by atoms with Crippen molar-refractivity contribution in [1.29, 1.82) is 0 Å². The van der Waals surface area contributed by atoms with Crippen LogP contribution in [0.5, 0.6) is 0 Å². The highest BCUT2D eigenvalue weighted by atomic mass is 16.1. The van der Waals surface area contributed by atoms with Gasteiger partial charge in [-0.05, 0) is 39.2 Å². The Hall–Kier alpha value is -1.36. The molecule has 1 fully saturated rings. The number of amides is 1. The Balaban J connectivity index is 2.07. The Bertz CT molecular complexity index is 407. The average molecular weight is 250 g/mol. The van der Waals surface area contributed by atoms with Gasteiger partial charge in [0.2, 0.25) is 5.91 Å². The van der Waals surface area contributed by atoms with Crippen molar-refractivity contribution in [1.82, 2.24) is 10.2 Å². The van der Waals surface area contributed by atoms with E-state index in [1.807, 2.05) is 13.8 Å². The van der Waals surface area contributed by atoms with Gasteiger partial charge in [0.25, 0.3) is 0 Å². The zero-order chi connectivity index (χ0) is 13.1. The minimum absolute atomic E-state index is 0.0532. The van der Waals surface area contributed by atoms with Gasteiger partial charge in [0.1, 0.15) is 0 Å². The van der Waals surface area contributed by atoms with Crippen LogP contribution in [0.4, 0.5) is 5.69 Å². The van der Waals surface area contributed by atoms with Crippen LogP contribution < -0.4 is 11.1 Å². The van der Waals surface area contributed by atoms with E-state index in [1.165, 1.54) is 6.42 Å². The maximum atomic E-state index is 12.3. The molecule has 0 aromatic carbocycles. The summed E-state index contributed by atoms with van der Waals surface area (Å²) < 4.78 is 0. The van der Waals surface area contributed by atoms with Gasteiger partial charge < -0.3 is 11.1 Å². The minimum Gasteiger partial charge on any atom is -0.330 e. The number of aromatic amines is 1. The zero-order valence-electron chi connectivity index (χ0n) is 11.1. The number of anilines is 1. The third kappa shape index (κ3) is 2.56. The monoisotopic (exact) mass is 250 g/mol. The molecule has 5 nitrogen and oxygen atoms in total. The first-order valence-electron chi connectivity index (χ1n) is 6.66. The van der Waals surface area contributed by atoms with Crippen molar-refractivity contribution < 1.29 is 4.79 Å². The SMILES string of the molecule is Cc1n[nH]c(C)c1NC(=O)C1CCCCC1CN. The Labute approximate surface area is 108 Å². The second-order valence-electron chi connectivity index (χ2n) is 5.18. The highest BCUT2D eigenvalue weighted by Gasteiger charge is 2.30. The van der Waals surface area contributed by atoms with Gasteiger partial charge in [-0.3, -0.25) is 9.89 Å².